The van der Waals surface area contributed by atoms with Crippen LogP contribution in [0.2, 0.25) is 0 Å². The Morgan fingerprint density at radius 2 is 1.55 bits per heavy atom. The van der Waals surface area contributed by atoms with E-state index >= 15 is 0 Å². The SMILES string of the molecule is CCCCCCNCc1ccc(N(CC)CC)cc1.Cl. The van der Waals surface area contributed by atoms with Crippen LogP contribution in [0.1, 0.15) is 52.0 Å². The third kappa shape index (κ3) is 7.16. The Morgan fingerprint density at radius 1 is 0.900 bits per heavy atom. The average Bonchev–Trinajstić information content (AvgIpc) is 2.45. The fourth-order valence-electron chi connectivity index (χ4n) is 2.32. The van der Waals surface area contributed by atoms with Crippen LogP contribution in [0.3, 0.4) is 0 Å². The molecule has 0 unspecified atom stereocenters. The van der Waals surface area contributed by atoms with Crippen LogP contribution in [-0.2, 0) is 6.54 Å². The van der Waals surface area contributed by atoms with Crippen LogP contribution in [0.15, 0.2) is 24.3 Å². The number of rotatable bonds is 10. The first-order valence-electron chi connectivity index (χ1n) is 7.86. The van der Waals surface area contributed by atoms with E-state index in [0.717, 1.165) is 26.2 Å². The number of hydrogen-bond acceptors (Lipinski definition) is 2. The Morgan fingerprint density at radius 3 is 2.10 bits per heavy atom. The molecule has 0 aliphatic rings. The van der Waals surface area contributed by atoms with Gasteiger partial charge in [0.05, 0.1) is 0 Å². The highest BCUT2D eigenvalue weighted by molar-refractivity contribution is 5.85. The van der Waals surface area contributed by atoms with Crippen molar-refractivity contribution in [2.24, 2.45) is 0 Å². The zero-order valence-electron chi connectivity index (χ0n) is 13.3. The highest BCUT2D eigenvalue weighted by atomic mass is 35.5. The number of nitrogens with one attached hydrogen (secondary N) is 1. The van der Waals surface area contributed by atoms with Gasteiger partial charge in [0.25, 0.3) is 0 Å². The average molecular weight is 299 g/mol. The lowest BCUT2D eigenvalue weighted by Crippen LogP contribution is -2.21. The molecule has 0 aliphatic carbocycles. The van der Waals surface area contributed by atoms with Crippen molar-refractivity contribution in [3.63, 3.8) is 0 Å². The lowest BCUT2D eigenvalue weighted by Gasteiger charge is -2.21. The summed E-state index contributed by atoms with van der Waals surface area (Å²) >= 11 is 0. The van der Waals surface area contributed by atoms with E-state index in [4.69, 9.17) is 0 Å². The minimum Gasteiger partial charge on any atom is -0.372 e. The molecule has 0 atom stereocenters. The molecule has 0 heterocycles. The summed E-state index contributed by atoms with van der Waals surface area (Å²) in [6.07, 6.45) is 5.32. The number of nitrogens with zero attached hydrogens (tertiary/aromatic N) is 1. The van der Waals surface area contributed by atoms with Gasteiger partial charge in [-0.05, 0) is 44.5 Å². The monoisotopic (exact) mass is 298 g/mol. The van der Waals surface area contributed by atoms with Crippen molar-refractivity contribution in [3.8, 4) is 0 Å². The number of benzene rings is 1. The molecule has 2 nitrogen and oxygen atoms in total. The molecule has 1 aromatic rings. The normalized spacial score (nSPS) is 10.2. The molecule has 0 radical (unpaired) electrons. The second-order valence-corrected chi connectivity index (χ2v) is 5.08. The Balaban J connectivity index is 0.00000361. The van der Waals surface area contributed by atoms with E-state index in [1.807, 2.05) is 0 Å². The molecular formula is C17H31ClN2. The van der Waals surface area contributed by atoms with Gasteiger partial charge in [0.2, 0.25) is 0 Å². The maximum atomic E-state index is 3.52. The predicted octanol–water partition coefficient (Wildman–Crippen LogP) is 4.62. The second-order valence-electron chi connectivity index (χ2n) is 5.08. The minimum atomic E-state index is 0. The first-order valence-corrected chi connectivity index (χ1v) is 7.86. The summed E-state index contributed by atoms with van der Waals surface area (Å²) in [5.74, 6) is 0. The lowest BCUT2D eigenvalue weighted by molar-refractivity contribution is 0.598. The quantitative estimate of drug-likeness (QED) is 0.634. The van der Waals surface area contributed by atoms with Crippen LogP contribution in [0, 0.1) is 0 Å². The molecule has 116 valence electrons. The predicted molar refractivity (Wildman–Crippen MR) is 93.1 cm³/mol. The Hall–Kier alpha value is -0.730. The molecule has 1 rings (SSSR count). The zero-order chi connectivity index (χ0) is 13.9. The summed E-state index contributed by atoms with van der Waals surface area (Å²) in [5.41, 5.74) is 2.71. The van der Waals surface area contributed by atoms with Gasteiger partial charge in [-0.1, -0.05) is 38.3 Å². The second kappa shape index (κ2) is 12.0. The Labute approximate surface area is 131 Å². The van der Waals surface area contributed by atoms with Gasteiger partial charge < -0.3 is 10.2 Å². The highest BCUT2D eigenvalue weighted by Gasteiger charge is 2.00. The first kappa shape index (κ1) is 19.3. The Kier molecular flexibility index (Phi) is 11.6. The fraction of sp³-hybridized carbons (Fsp3) is 0.647. The number of halogens is 1. The molecule has 20 heavy (non-hydrogen) atoms. The van der Waals surface area contributed by atoms with Crippen LogP contribution < -0.4 is 10.2 Å². The van der Waals surface area contributed by atoms with Gasteiger partial charge in [-0.3, -0.25) is 0 Å². The molecule has 1 N–H and O–H groups in total. The van der Waals surface area contributed by atoms with Crippen molar-refractivity contribution in [2.45, 2.75) is 53.0 Å². The maximum Gasteiger partial charge on any atom is 0.0366 e. The third-order valence-electron chi connectivity index (χ3n) is 3.60. The number of anilines is 1. The van der Waals surface area contributed by atoms with Crippen molar-refractivity contribution in [2.75, 3.05) is 24.5 Å². The summed E-state index contributed by atoms with van der Waals surface area (Å²) in [6.45, 7) is 10.9. The highest BCUT2D eigenvalue weighted by Crippen LogP contribution is 2.14. The van der Waals surface area contributed by atoms with Gasteiger partial charge in [-0.2, -0.15) is 0 Å². The molecule has 0 amide bonds. The van der Waals surface area contributed by atoms with E-state index in [1.54, 1.807) is 0 Å². The minimum absolute atomic E-state index is 0. The third-order valence-corrected chi connectivity index (χ3v) is 3.60. The summed E-state index contributed by atoms with van der Waals surface area (Å²) < 4.78 is 0. The van der Waals surface area contributed by atoms with Gasteiger partial charge in [-0.25, -0.2) is 0 Å². The van der Waals surface area contributed by atoms with E-state index in [0.29, 0.717) is 0 Å². The molecule has 0 saturated heterocycles. The van der Waals surface area contributed by atoms with Crippen LogP contribution in [0.5, 0.6) is 0 Å². The van der Waals surface area contributed by atoms with Crippen molar-refractivity contribution in [1.29, 1.82) is 0 Å². The van der Waals surface area contributed by atoms with Crippen LogP contribution in [0.4, 0.5) is 5.69 Å². The van der Waals surface area contributed by atoms with Crippen molar-refractivity contribution in [3.05, 3.63) is 29.8 Å². The fourth-order valence-corrected chi connectivity index (χ4v) is 2.32. The number of hydrogen-bond donors (Lipinski definition) is 1. The molecule has 0 saturated carbocycles. The van der Waals surface area contributed by atoms with Gasteiger partial charge in [0.1, 0.15) is 0 Å². The lowest BCUT2D eigenvalue weighted by atomic mass is 10.2. The Bertz CT molecular complexity index is 320. The van der Waals surface area contributed by atoms with Gasteiger partial charge >= 0.3 is 0 Å². The molecule has 1 aromatic carbocycles. The summed E-state index contributed by atoms with van der Waals surface area (Å²) in [6, 6.07) is 8.96. The molecule has 0 spiro atoms. The van der Waals surface area contributed by atoms with Crippen molar-refractivity contribution in [1.82, 2.24) is 5.32 Å². The van der Waals surface area contributed by atoms with Gasteiger partial charge in [0, 0.05) is 25.3 Å². The molecular weight excluding hydrogens is 268 g/mol. The van der Waals surface area contributed by atoms with Crippen molar-refractivity contribution >= 4 is 18.1 Å². The summed E-state index contributed by atoms with van der Waals surface area (Å²) in [5, 5.41) is 3.52. The van der Waals surface area contributed by atoms with Gasteiger partial charge in [-0.15, -0.1) is 12.4 Å². The first-order chi connectivity index (χ1) is 9.31. The zero-order valence-corrected chi connectivity index (χ0v) is 14.1. The van der Waals surface area contributed by atoms with E-state index in [2.05, 4.69) is 55.3 Å². The topological polar surface area (TPSA) is 15.3 Å². The van der Waals surface area contributed by atoms with E-state index in [9.17, 15) is 0 Å². The molecule has 0 bridgehead atoms. The van der Waals surface area contributed by atoms with E-state index in [-0.39, 0.29) is 12.4 Å². The summed E-state index contributed by atoms with van der Waals surface area (Å²) in [4.78, 5) is 2.38. The number of unbranched alkanes of at least 4 members (excludes halogenated alkanes) is 3. The molecule has 0 aliphatic heterocycles. The van der Waals surface area contributed by atoms with E-state index in [1.165, 1.54) is 36.9 Å². The summed E-state index contributed by atoms with van der Waals surface area (Å²) in [7, 11) is 0. The largest absolute Gasteiger partial charge is 0.372 e. The van der Waals surface area contributed by atoms with Crippen molar-refractivity contribution < 1.29 is 0 Å². The van der Waals surface area contributed by atoms with Crippen LogP contribution in [-0.4, -0.2) is 19.6 Å². The smallest absolute Gasteiger partial charge is 0.0366 e. The van der Waals surface area contributed by atoms with Crippen LogP contribution >= 0.6 is 12.4 Å². The molecule has 3 heteroatoms. The maximum absolute atomic E-state index is 3.52. The van der Waals surface area contributed by atoms with Gasteiger partial charge in [0.15, 0.2) is 0 Å². The standard InChI is InChI=1S/C17H30N2.ClH/c1-4-7-8-9-14-18-15-16-10-12-17(13-11-16)19(5-2)6-3;/h10-13,18H,4-9,14-15H2,1-3H3;1H. The van der Waals surface area contributed by atoms with Crippen LogP contribution in [0.25, 0.3) is 0 Å². The molecule has 0 aromatic heterocycles. The molecule has 0 fully saturated rings. The van der Waals surface area contributed by atoms with E-state index < -0.39 is 0 Å².